The van der Waals surface area contributed by atoms with Gasteiger partial charge in [0, 0.05) is 6.61 Å². The molecule has 2 rings (SSSR count). The van der Waals surface area contributed by atoms with Crippen molar-refractivity contribution in [2.45, 2.75) is 37.4 Å². The standard InChI is InChI=1S/C11H17N3O3S/c1-8-12-13-10(18-6-9(15)16)14(8)11(2)4-3-5-17-7-11/h3-7H2,1-2H3,(H,15,16). The highest BCUT2D eigenvalue weighted by molar-refractivity contribution is 7.99. The minimum atomic E-state index is -0.850. The number of hydrogen-bond donors (Lipinski definition) is 1. The molecule has 18 heavy (non-hydrogen) atoms. The average molecular weight is 271 g/mol. The van der Waals surface area contributed by atoms with E-state index in [2.05, 4.69) is 17.1 Å². The van der Waals surface area contributed by atoms with Crippen LogP contribution in [0.25, 0.3) is 0 Å². The summed E-state index contributed by atoms with van der Waals surface area (Å²) in [5.41, 5.74) is -0.174. The molecule has 0 aliphatic carbocycles. The van der Waals surface area contributed by atoms with Crippen LogP contribution >= 0.6 is 11.8 Å². The largest absolute Gasteiger partial charge is 0.481 e. The minimum Gasteiger partial charge on any atom is -0.481 e. The predicted molar refractivity (Wildman–Crippen MR) is 66.8 cm³/mol. The van der Waals surface area contributed by atoms with Crippen LogP contribution in [0.5, 0.6) is 0 Å². The van der Waals surface area contributed by atoms with Gasteiger partial charge in [0.1, 0.15) is 5.82 Å². The average Bonchev–Trinajstić information content (AvgIpc) is 2.69. The minimum absolute atomic E-state index is 0.00489. The van der Waals surface area contributed by atoms with E-state index in [1.165, 1.54) is 11.8 Å². The number of rotatable bonds is 4. The SMILES string of the molecule is Cc1nnc(SCC(=O)O)n1C1(C)CCCOC1. The monoisotopic (exact) mass is 271 g/mol. The highest BCUT2D eigenvalue weighted by Crippen LogP contribution is 2.32. The van der Waals surface area contributed by atoms with E-state index in [1.54, 1.807) is 0 Å². The molecular weight excluding hydrogens is 254 g/mol. The lowest BCUT2D eigenvalue weighted by molar-refractivity contribution is -0.133. The van der Waals surface area contributed by atoms with Gasteiger partial charge in [-0.05, 0) is 26.7 Å². The first-order valence-corrected chi connectivity index (χ1v) is 6.86. The van der Waals surface area contributed by atoms with Crippen LogP contribution in [0.15, 0.2) is 5.16 Å². The molecule has 1 aromatic heterocycles. The Morgan fingerprint density at radius 2 is 2.39 bits per heavy atom. The van der Waals surface area contributed by atoms with Gasteiger partial charge in [-0.15, -0.1) is 10.2 Å². The van der Waals surface area contributed by atoms with Crippen molar-refractivity contribution in [1.82, 2.24) is 14.8 Å². The molecule has 1 fully saturated rings. The van der Waals surface area contributed by atoms with Crippen LogP contribution in [0.1, 0.15) is 25.6 Å². The number of carboxylic acids is 1. The number of ether oxygens (including phenoxy) is 1. The number of carboxylic acid groups (broad SMARTS) is 1. The Labute approximate surface area is 110 Å². The zero-order valence-corrected chi connectivity index (χ0v) is 11.4. The molecule has 0 spiro atoms. The number of carbonyl (C=O) groups is 1. The van der Waals surface area contributed by atoms with E-state index in [4.69, 9.17) is 9.84 Å². The summed E-state index contributed by atoms with van der Waals surface area (Å²) in [4.78, 5) is 10.6. The highest BCUT2D eigenvalue weighted by atomic mass is 32.2. The summed E-state index contributed by atoms with van der Waals surface area (Å²) >= 11 is 1.20. The Kier molecular flexibility index (Phi) is 3.91. The Hall–Kier alpha value is -1.08. The Morgan fingerprint density at radius 1 is 1.61 bits per heavy atom. The maximum absolute atomic E-state index is 10.6. The van der Waals surface area contributed by atoms with Gasteiger partial charge in [0.05, 0.1) is 17.9 Å². The van der Waals surface area contributed by atoms with E-state index < -0.39 is 5.97 Å². The van der Waals surface area contributed by atoms with E-state index in [1.807, 2.05) is 11.5 Å². The fraction of sp³-hybridized carbons (Fsp3) is 0.727. The summed E-state index contributed by atoms with van der Waals surface area (Å²) in [6.07, 6.45) is 1.99. The molecule has 1 aliphatic rings. The molecule has 1 saturated heterocycles. The number of thioether (sulfide) groups is 1. The molecule has 1 aromatic rings. The Bertz CT molecular complexity index is 441. The molecule has 100 valence electrons. The number of aryl methyl sites for hydroxylation is 1. The molecule has 6 nitrogen and oxygen atoms in total. The molecule has 0 radical (unpaired) electrons. The third-order valence-corrected chi connectivity index (χ3v) is 3.99. The van der Waals surface area contributed by atoms with E-state index in [0.717, 1.165) is 25.3 Å². The second-order valence-electron chi connectivity index (χ2n) is 4.70. The maximum Gasteiger partial charge on any atom is 0.313 e. The molecular formula is C11H17N3O3S. The molecule has 1 N–H and O–H groups in total. The first-order valence-electron chi connectivity index (χ1n) is 5.88. The number of aliphatic carboxylic acids is 1. The zero-order chi connectivity index (χ0) is 13.2. The highest BCUT2D eigenvalue weighted by Gasteiger charge is 2.33. The Balaban J connectivity index is 2.25. The van der Waals surface area contributed by atoms with Gasteiger partial charge in [0.15, 0.2) is 5.16 Å². The summed E-state index contributed by atoms with van der Waals surface area (Å²) in [7, 11) is 0. The quantitative estimate of drug-likeness (QED) is 0.831. The van der Waals surface area contributed by atoms with Crippen molar-refractivity contribution in [3.63, 3.8) is 0 Å². The molecule has 0 amide bonds. The van der Waals surface area contributed by atoms with Crippen LogP contribution in [-0.2, 0) is 15.1 Å². The normalized spacial score (nSPS) is 24.1. The first kappa shape index (κ1) is 13.4. The summed E-state index contributed by atoms with van der Waals surface area (Å²) in [6, 6.07) is 0. The fourth-order valence-corrected chi connectivity index (χ4v) is 3.11. The van der Waals surface area contributed by atoms with Crippen molar-refractivity contribution < 1.29 is 14.6 Å². The van der Waals surface area contributed by atoms with Crippen molar-refractivity contribution in [2.24, 2.45) is 0 Å². The Morgan fingerprint density at radius 3 is 3.00 bits per heavy atom. The van der Waals surface area contributed by atoms with Gasteiger partial charge in [0.2, 0.25) is 0 Å². The fourth-order valence-electron chi connectivity index (χ4n) is 2.28. The smallest absolute Gasteiger partial charge is 0.313 e. The van der Waals surface area contributed by atoms with Crippen molar-refractivity contribution >= 4 is 17.7 Å². The molecule has 1 aliphatic heterocycles. The van der Waals surface area contributed by atoms with Gasteiger partial charge in [-0.1, -0.05) is 11.8 Å². The van der Waals surface area contributed by atoms with Crippen LogP contribution in [0.2, 0.25) is 0 Å². The summed E-state index contributed by atoms with van der Waals surface area (Å²) in [6.45, 7) is 5.39. The van der Waals surface area contributed by atoms with E-state index in [9.17, 15) is 4.79 Å². The molecule has 1 atom stereocenters. The van der Waals surface area contributed by atoms with Gasteiger partial charge < -0.3 is 9.84 Å². The molecule has 7 heteroatoms. The predicted octanol–water partition coefficient (Wildman–Crippen LogP) is 1.29. The lowest BCUT2D eigenvalue weighted by Gasteiger charge is -2.36. The van der Waals surface area contributed by atoms with Crippen molar-refractivity contribution in [2.75, 3.05) is 19.0 Å². The van der Waals surface area contributed by atoms with Gasteiger partial charge in [-0.3, -0.25) is 9.36 Å². The van der Waals surface area contributed by atoms with E-state index in [0.29, 0.717) is 11.8 Å². The number of nitrogens with zero attached hydrogens (tertiary/aromatic N) is 3. The second-order valence-corrected chi connectivity index (χ2v) is 5.64. The van der Waals surface area contributed by atoms with Crippen LogP contribution in [0.4, 0.5) is 0 Å². The van der Waals surface area contributed by atoms with Gasteiger partial charge in [0.25, 0.3) is 0 Å². The lowest BCUT2D eigenvalue weighted by Crippen LogP contribution is -2.40. The third-order valence-electron chi connectivity index (χ3n) is 3.08. The lowest BCUT2D eigenvalue weighted by atomic mass is 9.94. The summed E-state index contributed by atoms with van der Waals surface area (Å²) < 4.78 is 7.56. The van der Waals surface area contributed by atoms with Crippen LogP contribution < -0.4 is 0 Å². The van der Waals surface area contributed by atoms with Crippen LogP contribution in [0.3, 0.4) is 0 Å². The molecule has 0 aromatic carbocycles. The summed E-state index contributed by atoms with van der Waals surface area (Å²) in [5, 5.41) is 17.5. The second kappa shape index (κ2) is 5.27. The van der Waals surface area contributed by atoms with Crippen molar-refractivity contribution in [3.8, 4) is 0 Å². The number of aromatic nitrogens is 3. The topological polar surface area (TPSA) is 77.2 Å². The van der Waals surface area contributed by atoms with Crippen molar-refractivity contribution in [3.05, 3.63) is 5.82 Å². The summed E-state index contributed by atoms with van der Waals surface area (Å²) in [5.74, 6) is -0.0529. The van der Waals surface area contributed by atoms with E-state index >= 15 is 0 Å². The van der Waals surface area contributed by atoms with Crippen LogP contribution in [0, 0.1) is 6.92 Å². The van der Waals surface area contributed by atoms with Gasteiger partial charge in [-0.2, -0.15) is 0 Å². The van der Waals surface area contributed by atoms with Crippen molar-refractivity contribution in [1.29, 1.82) is 0 Å². The van der Waals surface area contributed by atoms with Gasteiger partial charge >= 0.3 is 5.97 Å². The van der Waals surface area contributed by atoms with Crippen LogP contribution in [-0.4, -0.2) is 44.8 Å². The maximum atomic E-state index is 10.6. The van der Waals surface area contributed by atoms with E-state index in [-0.39, 0.29) is 11.3 Å². The molecule has 0 bridgehead atoms. The molecule has 0 saturated carbocycles. The first-order chi connectivity index (χ1) is 8.53. The zero-order valence-electron chi connectivity index (χ0n) is 10.5. The third kappa shape index (κ3) is 2.67. The molecule has 1 unspecified atom stereocenters. The number of hydrogen-bond acceptors (Lipinski definition) is 5. The molecule has 2 heterocycles. The van der Waals surface area contributed by atoms with Gasteiger partial charge in [-0.25, -0.2) is 0 Å².